The summed E-state index contributed by atoms with van der Waals surface area (Å²) in [6.45, 7) is 2.14. The van der Waals surface area contributed by atoms with Gasteiger partial charge in [-0.05, 0) is 47.4 Å². The molecule has 0 heterocycles. The van der Waals surface area contributed by atoms with Gasteiger partial charge < -0.3 is 4.74 Å². The van der Waals surface area contributed by atoms with E-state index in [1.807, 2.05) is 18.2 Å². The van der Waals surface area contributed by atoms with Gasteiger partial charge in [0.2, 0.25) is 0 Å². The van der Waals surface area contributed by atoms with Crippen molar-refractivity contribution in [3.05, 3.63) is 54.1 Å². The van der Waals surface area contributed by atoms with E-state index in [4.69, 9.17) is 4.74 Å². The van der Waals surface area contributed by atoms with Gasteiger partial charge in [-0.15, -0.1) is 0 Å². The van der Waals surface area contributed by atoms with Crippen molar-refractivity contribution in [2.75, 3.05) is 7.11 Å². The fourth-order valence-corrected chi connectivity index (χ4v) is 1.64. The molecule has 0 spiro atoms. The minimum absolute atomic E-state index is 0.887. The Morgan fingerprint density at radius 3 is 2.19 bits per heavy atom. The molecule has 2 rings (SSSR count). The van der Waals surface area contributed by atoms with Gasteiger partial charge in [0.15, 0.2) is 0 Å². The highest BCUT2D eigenvalue weighted by atomic mass is 16.5. The van der Waals surface area contributed by atoms with Gasteiger partial charge in [-0.1, -0.05) is 31.2 Å². The van der Waals surface area contributed by atoms with Crippen molar-refractivity contribution in [1.82, 2.24) is 0 Å². The molecule has 0 saturated carbocycles. The Labute approximate surface area is 96.7 Å². The normalized spacial score (nSPS) is 10.1. The average Bonchev–Trinajstić information content (AvgIpc) is 2.39. The standard InChI is InChI=1S/C15H15O/c1-3-12-4-6-13(7-5-12)14-8-10-15(16-2)11-9-14/h4,6-11H,3H2,1-2H3. The Hall–Kier alpha value is -1.76. The molecule has 0 atom stereocenters. The lowest BCUT2D eigenvalue weighted by molar-refractivity contribution is 0.415. The Bertz CT molecular complexity index is 394. The summed E-state index contributed by atoms with van der Waals surface area (Å²) >= 11 is 0. The van der Waals surface area contributed by atoms with E-state index in [0.717, 1.165) is 12.2 Å². The van der Waals surface area contributed by atoms with Crippen LogP contribution in [0, 0.1) is 6.07 Å². The minimum atomic E-state index is 0.887. The lowest BCUT2D eigenvalue weighted by atomic mass is 10.0. The van der Waals surface area contributed by atoms with Crippen molar-refractivity contribution in [2.24, 2.45) is 0 Å². The summed E-state index contributed by atoms with van der Waals surface area (Å²) in [5.41, 5.74) is 3.64. The van der Waals surface area contributed by atoms with Gasteiger partial charge in [-0.25, -0.2) is 0 Å². The van der Waals surface area contributed by atoms with Gasteiger partial charge >= 0.3 is 0 Å². The number of aryl methyl sites for hydroxylation is 1. The summed E-state index contributed by atoms with van der Waals surface area (Å²) in [5.74, 6) is 0.887. The molecule has 1 nitrogen and oxygen atoms in total. The average molecular weight is 211 g/mol. The van der Waals surface area contributed by atoms with Crippen molar-refractivity contribution in [2.45, 2.75) is 13.3 Å². The van der Waals surface area contributed by atoms with Gasteiger partial charge in [0.25, 0.3) is 0 Å². The second-order valence-electron chi connectivity index (χ2n) is 3.68. The van der Waals surface area contributed by atoms with Crippen LogP contribution >= 0.6 is 0 Å². The topological polar surface area (TPSA) is 9.23 Å². The molecule has 0 aliphatic heterocycles. The Morgan fingerprint density at radius 2 is 1.69 bits per heavy atom. The van der Waals surface area contributed by atoms with Crippen LogP contribution in [0.2, 0.25) is 0 Å². The smallest absolute Gasteiger partial charge is 0.118 e. The van der Waals surface area contributed by atoms with E-state index in [0.29, 0.717) is 0 Å². The molecule has 0 fully saturated rings. The number of hydrogen-bond donors (Lipinski definition) is 0. The van der Waals surface area contributed by atoms with Crippen LogP contribution in [0.5, 0.6) is 5.75 Å². The number of hydrogen-bond acceptors (Lipinski definition) is 1. The van der Waals surface area contributed by atoms with E-state index in [1.54, 1.807) is 7.11 Å². The highest BCUT2D eigenvalue weighted by molar-refractivity contribution is 5.64. The van der Waals surface area contributed by atoms with E-state index in [-0.39, 0.29) is 0 Å². The quantitative estimate of drug-likeness (QED) is 0.751. The summed E-state index contributed by atoms with van der Waals surface area (Å²) in [6, 6.07) is 17.7. The summed E-state index contributed by atoms with van der Waals surface area (Å²) in [7, 11) is 1.68. The highest BCUT2D eigenvalue weighted by Gasteiger charge is 1.98. The molecule has 0 bridgehead atoms. The zero-order valence-electron chi connectivity index (χ0n) is 9.66. The van der Waals surface area contributed by atoms with Crippen LogP contribution in [0.25, 0.3) is 11.1 Å². The molecular weight excluding hydrogens is 196 g/mol. The van der Waals surface area contributed by atoms with Crippen molar-refractivity contribution in [1.29, 1.82) is 0 Å². The van der Waals surface area contributed by atoms with E-state index < -0.39 is 0 Å². The third-order valence-corrected chi connectivity index (χ3v) is 2.68. The molecule has 0 N–H and O–H groups in total. The number of methoxy groups -OCH3 is 1. The zero-order valence-corrected chi connectivity index (χ0v) is 9.66. The van der Waals surface area contributed by atoms with Crippen LogP contribution in [-0.4, -0.2) is 7.11 Å². The van der Waals surface area contributed by atoms with Crippen molar-refractivity contribution >= 4 is 0 Å². The number of ether oxygens (including phenoxy) is 1. The van der Waals surface area contributed by atoms with E-state index >= 15 is 0 Å². The van der Waals surface area contributed by atoms with Crippen LogP contribution in [0.15, 0.2) is 42.5 Å². The van der Waals surface area contributed by atoms with Crippen LogP contribution in [0.1, 0.15) is 12.5 Å². The molecule has 16 heavy (non-hydrogen) atoms. The SMILES string of the molecule is CCc1[c]cc(-c2ccc(OC)cc2)cc1. The molecule has 1 radical (unpaired) electrons. The summed E-state index contributed by atoms with van der Waals surface area (Å²) in [4.78, 5) is 0. The number of benzene rings is 2. The predicted molar refractivity (Wildman–Crippen MR) is 66.6 cm³/mol. The van der Waals surface area contributed by atoms with Gasteiger partial charge in [0, 0.05) is 0 Å². The maximum absolute atomic E-state index is 5.13. The molecule has 0 aliphatic rings. The largest absolute Gasteiger partial charge is 0.497 e. The molecular formula is C15H15O. The first-order valence-corrected chi connectivity index (χ1v) is 5.48. The van der Waals surface area contributed by atoms with Crippen molar-refractivity contribution in [3.8, 4) is 16.9 Å². The lowest BCUT2D eigenvalue weighted by Crippen LogP contribution is -1.84. The first-order chi connectivity index (χ1) is 7.83. The molecule has 0 amide bonds. The van der Waals surface area contributed by atoms with Crippen LogP contribution < -0.4 is 4.74 Å². The third-order valence-electron chi connectivity index (χ3n) is 2.68. The Morgan fingerprint density at radius 1 is 1.00 bits per heavy atom. The molecule has 2 aromatic carbocycles. The molecule has 0 saturated heterocycles. The molecule has 1 heteroatoms. The predicted octanol–water partition coefficient (Wildman–Crippen LogP) is 3.72. The van der Waals surface area contributed by atoms with Gasteiger partial charge in [0.1, 0.15) is 5.75 Å². The van der Waals surface area contributed by atoms with E-state index in [9.17, 15) is 0 Å². The summed E-state index contributed by atoms with van der Waals surface area (Å²) in [5, 5.41) is 0. The summed E-state index contributed by atoms with van der Waals surface area (Å²) < 4.78 is 5.13. The Kier molecular flexibility index (Phi) is 3.25. The third kappa shape index (κ3) is 2.25. The maximum atomic E-state index is 5.13. The highest BCUT2D eigenvalue weighted by Crippen LogP contribution is 2.22. The first kappa shape index (κ1) is 10.7. The minimum Gasteiger partial charge on any atom is -0.497 e. The Balaban J connectivity index is 2.28. The maximum Gasteiger partial charge on any atom is 0.118 e. The van der Waals surface area contributed by atoms with E-state index in [2.05, 4.69) is 37.3 Å². The molecule has 2 aromatic rings. The van der Waals surface area contributed by atoms with Gasteiger partial charge in [-0.3, -0.25) is 0 Å². The summed E-state index contributed by atoms with van der Waals surface area (Å²) in [6.07, 6.45) is 1.03. The van der Waals surface area contributed by atoms with Gasteiger partial charge in [-0.2, -0.15) is 0 Å². The second-order valence-corrected chi connectivity index (χ2v) is 3.68. The van der Waals surface area contributed by atoms with Crippen LogP contribution in [0.3, 0.4) is 0 Å². The van der Waals surface area contributed by atoms with Crippen LogP contribution in [-0.2, 0) is 6.42 Å². The molecule has 0 unspecified atom stereocenters. The fourth-order valence-electron chi connectivity index (χ4n) is 1.64. The van der Waals surface area contributed by atoms with E-state index in [1.165, 1.54) is 16.7 Å². The first-order valence-electron chi connectivity index (χ1n) is 5.48. The second kappa shape index (κ2) is 4.84. The molecule has 0 aromatic heterocycles. The lowest BCUT2D eigenvalue weighted by Gasteiger charge is -2.04. The van der Waals surface area contributed by atoms with Crippen LogP contribution in [0.4, 0.5) is 0 Å². The van der Waals surface area contributed by atoms with Crippen molar-refractivity contribution in [3.63, 3.8) is 0 Å². The number of rotatable bonds is 3. The van der Waals surface area contributed by atoms with Gasteiger partial charge in [0.05, 0.1) is 7.11 Å². The van der Waals surface area contributed by atoms with Crippen molar-refractivity contribution < 1.29 is 4.74 Å². The molecule has 81 valence electrons. The fraction of sp³-hybridized carbons (Fsp3) is 0.200. The monoisotopic (exact) mass is 211 g/mol. The molecule has 0 aliphatic carbocycles. The zero-order chi connectivity index (χ0) is 11.4.